The van der Waals surface area contributed by atoms with Gasteiger partial charge >= 0.3 is 12.1 Å². The van der Waals surface area contributed by atoms with Gasteiger partial charge in [-0.25, -0.2) is 19.5 Å². The first-order valence-corrected chi connectivity index (χ1v) is 14.3. The Morgan fingerprint density at radius 3 is 2.57 bits per heavy atom. The third-order valence-corrected chi connectivity index (χ3v) is 6.95. The molecule has 10 nitrogen and oxygen atoms in total. The molecular formula is C33H32F3N7O3+2. The number of hydrogen-bond donors (Lipinski definition) is 3. The number of aromatic nitrogens is 5. The number of H-pyrrole nitrogens is 1. The van der Waals surface area contributed by atoms with Gasteiger partial charge in [0.15, 0.2) is 12.4 Å². The fourth-order valence-electron chi connectivity index (χ4n) is 4.46. The number of amides is 1. The lowest BCUT2D eigenvalue weighted by Crippen LogP contribution is -2.36. The number of aryl methyl sites for hydroxylation is 2. The second kappa shape index (κ2) is 13.2. The maximum atomic E-state index is 13.7. The van der Waals surface area contributed by atoms with Gasteiger partial charge in [0.1, 0.15) is 17.6 Å². The smallest absolute Gasteiger partial charge is 0.405 e. The lowest BCUT2D eigenvalue weighted by atomic mass is 10.1. The van der Waals surface area contributed by atoms with Gasteiger partial charge < -0.3 is 15.4 Å². The molecule has 0 atom stereocenters. The van der Waals surface area contributed by atoms with Crippen LogP contribution in [-0.4, -0.2) is 26.8 Å². The lowest BCUT2D eigenvalue weighted by molar-refractivity contribution is -0.727. The highest BCUT2D eigenvalue weighted by Gasteiger charge is 2.32. The number of carbonyl (C=O) groups is 2. The SMILES string of the molecule is Cc1c[n+](-c2cc(NC(=O)c3ccc(C)c(Nc4nccc(-c5ccc[n+](COC(=O)C(C)C)c5)n4)c3)cc(C(F)(F)F)c2)c[nH]1. The molecule has 0 radical (unpaired) electrons. The van der Waals surface area contributed by atoms with E-state index in [2.05, 4.69) is 25.6 Å². The third-order valence-electron chi connectivity index (χ3n) is 6.95. The number of aromatic amines is 1. The van der Waals surface area contributed by atoms with Crippen molar-refractivity contribution < 1.29 is 36.6 Å². The molecule has 3 N–H and O–H groups in total. The first kappa shape index (κ1) is 31.8. The van der Waals surface area contributed by atoms with E-state index in [9.17, 15) is 22.8 Å². The van der Waals surface area contributed by atoms with E-state index in [4.69, 9.17) is 4.74 Å². The van der Waals surface area contributed by atoms with Crippen LogP contribution in [0.25, 0.3) is 16.9 Å². The molecule has 0 saturated heterocycles. The van der Waals surface area contributed by atoms with E-state index >= 15 is 0 Å². The number of esters is 1. The second-order valence-corrected chi connectivity index (χ2v) is 11.0. The number of carbonyl (C=O) groups excluding carboxylic acids is 2. The number of imidazole rings is 1. The van der Waals surface area contributed by atoms with Crippen LogP contribution in [0.3, 0.4) is 0 Å². The zero-order chi connectivity index (χ0) is 33.0. The predicted molar refractivity (Wildman–Crippen MR) is 163 cm³/mol. The minimum absolute atomic E-state index is 0.00799. The van der Waals surface area contributed by atoms with Crippen molar-refractivity contribution in [2.75, 3.05) is 10.6 Å². The molecular weight excluding hydrogens is 599 g/mol. The van der Waals surface area contributed by atoms with Crippen LogP contribution < -0.4 is 19.8 Å². The van der Waals surface area contributed by atoms with Crippen molar-refractivity contribution in [3.8, 4) is 16.9 Å². The minimum atomic E-state index is -4.61. The Bertz CT molecular complexity index is 1900. The highest BCUT2D eigenvalue weighted by molar-refractivity contribution is 6.05. The van der Waals surface area contributed by atoms with Crippen molar-refractivity contribution in [3.05, 3.63) is 108 Å². The number of nitrogens with zero attached hydrogens (tertiary/aromatic N) is 4. The normalized spacial score (nSPS) is 11.4. The summed E-state index contributed by atoms with van der Waals surface area (Å²) in [5.41, 5.74) is 2.99. The first-order chi connectivity index (χ1) is 21.9. The van der Waals surface area contributed by atoms with E-state index in [0.29, 0.717) is 11.4 Å². The monoisotopic (exact) mass is 631 g/mol. The molecule has 3 heterocycles. The molecule has 5 rings (SSSR count). The Hall–Kier alpha value is -5.59. The number of benzene rings is 2. The maximum Gasteiger partial charge on any atom is 0.416 e. The van der Waals surface area contributed by atoms with E-state index in [1.807, 2.05) is 19.1 Å². The molecule has 0 fully saturated rings. The minimum Gasteiger partial charge on any atom is -0.405 e. The number of ether oxygens (including phenoxy) is 1. The van der Waals surface area contributed by atoms with Crippen molar-refractivity contribution in [3.63, 3.8) is 0 Å². The number of anilines is 3. The summed E-state index contributed by atoms with van der Waals surface area (Å²) in [7, 11) is 0. The van der Waals surface area contributed by atoms with Crippen molar-refractivity contribution in [2.45, 2.75) is 40.6 Å². The Morgan fingerprint density at radius 2 is 1.85 bits per heavy atom. The Kier molecular flexibility index (Phi) is 9.12. The molecule has 0 aliphatic rings. The van der Waals surface area contributed by atoms with Crippen molar-refractivity contribution in [1.82, 2.24) is 15.0 Å². The number of nitrogens with one attached hydrogen (secondary N) is 3. The van der Waals surface area contributed by atoms with Gasteiger partial charge in [-0.3, -0.25) is 9.59 Å². The number of alkyl halides is 3. The summed E-state index contributed by atoms with van der Waals surface area (Å²) >= 11 is 0. The lowest BCUT2D eigenvalue weighted by Gasteiger charge is -2.13. The van der Waals surface area contributed by atoms with Crippen LogP contribution in [0.5, 0.6) is 0 Å². The number of rotatable bonds is 9. The van der Waals surface area contributed by atoms with Crippen molar-refractivity contribution >= 4 is 29.2 Å². The quantitative estimate of drug-likeness (QED) is 0.139. The fraction of sp³-hybridized carbons (Fsp3) is 0.212. The standard InChI is InChI=1S/C33H30F3N7O3/c1-20(2)31(45)46-19-42-11-5-6-24(17-42)28-9-10-37-32(40-28)41-29-12-23(8-7-21(29)3)30(44)39-26-13-25(33(34,35)36)14-27(15-26)43-16-22(4)38-18-43/h5-18,20H,19H2,1-4H3,(H-,37,39,40,41,44)/p+2. The van der Waals surface area contributed by atoms with Crippen LogP contribution in [0, 0.1) is 19.8 Å². The van der Waals surface area contributed by atoms with Gasteiger partial charge in [-0.05, 0) is 48.9 Å². The molecule has 0 aliphatic heterocycles. The third kappa shape index (κ3) is 7.73. The number of hydrogen-bond acceptors (Lipinski definition) is 6. The van der Waals surface area contributed by atoms with Crippen LogP contribution in [0.1, 0.15) is 41.0 Å². The van der Waals surface area contributed by atoms with E-state index in [0.717, 1.165) is 29.0 Å². The predicted octanol–water partition coefficient (Wildman–Crippen LogP) is 5.82. The molecule has 13 heteroatoms. The zero-order valence-corrected chi connectivity index (χ0v) is 25.5. The molecule has 0 aliphatic carbocycles. The molecule has 0 bridgehead atoms. The van der Waals surface area contributed by atoms with Crippen LogP contribution >= 0.6 is 0 Å². The van der Waals surface area contributed by atoms with E-state index in [1.54, 1.807) is 74.4 Å². The highest BCUT2D eigenvalue weighted by atomic mass is 19.4. The van der Waals surface area contributed by atoms with E-state index in [-0.39, 0.29) is 41.5 Å². The van der Waals surface area contributed by atoms with Gasteiger partial charge in [0.25, 0.3) is 12.6 Å². The van der Waals surface area contributed by atoms with Gasteiger partial charge in [-0.1, -0.05) is 19.9 Å². The molecule has 46 heavy (non-hydrogen) atoms. The van der Waals surface area contributed by atoms with Gasteiger partial charge in [-0.15, -0.1) is 0 Å². The summed E-state index contributed by atoms with van der Waals surface area (Å²) in [6.07, 6.45) is 3.73. The van der Waals surface area contributed by atoms with E-state index < -0.39 is 17.6 Å². The molecule has 0 unspecified atom stereocenters. The summed E-state index contributed by atoms with van der Waals surface area (Å²) < 4.78 is 49.7. The van der Waals surface area contributed by atoms with Crippen molar-refractivity contribution in [1.29, 1.82) is 0 Å². The van der Waals surface area contributed by atoms with Gasteiger partial charge in [-0.2, -0.15) is 17.7 Å². The summed E-state index contributed by atoms with van der Waals surface area (Å²) in [4.78, 5) is 36.9. The average molecular weight is 632 g/mol. The molecule has 1 amide bonds. The highest BCUT2D eigenvalue weighted by Crippen LogP contribution is 2.32. The van der Waals surface area contributed by atoms with Crippen LogP contribution in [0.4, 0.5) is 30.5 Å². The maximum absolute atomic E-state index is 13.7. The molecule has 0 spiro atoms. The van der Waals surface area contributed by atoms with Crippen LogP contribution in [0.2, 0.25) is 0 Å². The summed E-state index contributed by atoms with van der Waals surface area (Å²) in [5.74, 6) is -0.867. The summed E-state index contributed by atoms with van der Waals surface area (Å²) in [6, 6.07) is 13.7. The van der Waals surface area contributed by atoms with E-state index in [1.165, 1.54) is 17.0 Å². The molecule has 0 saturated carbocycles. The topological polar surface area (TPSA) is 117 Å². The van der Waals surface area contributed by atoms with Gasteiger partial charge in [0.05, 0.1) is 22.7 Å². The average Bonchev–Trinajstić information content (AvgIpc) is 3.46. The Morgan fingerprint density at radius 1 is 1.04 bits per heavy atom. The Balaban J connectivity index is 1.35. The van der Waals surface area contributed by atoms with Gasteiger partial charge in [0.2, 0.25) is 12.3 Å². The van der Waals surface area contributed by atoms with Gasteiger partial charge in [0, 0.05) is 42.2 Å². The fourth-order valence-corrected chi connectivity index (χ4v) is 4.46. The largest absolute Gasteiger partial charge is 0.416 e. The van der Waals surface area contributed by atoms with Crippen molar-refractivity contribution in [2.24, 2.45) is 5.92 Å². The zero-order valence-electron chi connectivity index (χ0n) is 25.5. The first-order valence-electron chi connectivity index (χ1n) is 14.3. The second-order valence-electron chi connectivity index (χ2n) is 11.0. The number of halogens is 3. The summed E-state index contributed by atoms with van der Waals surface area (Å²) in [6.45, 7) is 7.20. The van der Waals surface area contributed by atoms with Crippen LogP contribution in [-0.2, 0) is 22.4 Å². The molecule has 236 valence electrons. The van der Waals surface area contributed by atoms with Crippen LogP contribution in [0.15, 0.2) is 85.7 Å². The number of pyridine rings is 1. The Labute approximate surface area is 262 Å². The molecule has 5 aromatic rings. The molecule has 2 aromatic carbocycles. The molecule has 3 aromatic heterocycles. The summed E-state index contributed by atoms with van der Waals surface area (Å²) in [5, 5.41) is 5.74.